The number of rotatable bonds is 4. The van der Waals surface area contributed by atoms with Crippen LogP contribution >= 0.6 is 11.6 Å². The van der Waals surface area contributed by atoms with Gasteiger partial charge in [0, 0.05) is 42.0 Å². The summed E-state index contributed by atoms with van der Waals surface area (Å²) in [5.74, 6) is 1.72. The van der Waals surface area contributed by atoms with Crippen LogP contribution in [0.3, 0.4) is 0 Å². The summed E-state index contributed by atoms with van der Waals surface area (Å²) in [6.07, 6.45) is 1.75. The van der Waals surface area contributed by atoms with Crippen LogP contribution in [0, 0.1) is 24.0 Å². The Bertz CT molecular complexity index is 770. The van der Waals surface area contributed by atoms with E-state index >= 15 is 0 Å². The topological polar surface area (TPSA) is 84.2 Å². The number of hydrogen-bond acceptors (Lipinski definition) is 6. The Morgan fingerprint density at radius 3 is 2.60 bits per heavy atom. The highest BCUT2D eigenvalue weighted by atomic mass is 35.5. The first-order valence-corrected chi connectivity index (χ1v) is 8.58. The average Bonchev–Trinajstić information content (AvgIpc) is 2.56. The molecule has 2 heterocycles. The zero-order chi connectivity index (χ0) is 18.0. The van der Waals surface area contributed by atoms with Gasteiger partial charge < -0.3 is 10.2 Å². The van der Waals surface area contributed by atoms with E-state index < -0.39 is 4.92 Å². The normalized spacial score (nSPS) is 15.2. The van der Waals surface area contributed by atoms with Crippen LogP contribution in [0.2, 0.25) is 5.02 Å². The van der Waals surface area contributed by atoms with Crippen molar-refractivity contribution in [3.8, 4) is 0 Å². The summed E-state index contributed by atoms with van der Waals surface area (Å²) < 4.78 is 0. The monoisotopic (exact) mass is 361 g/mol. The highest BCUT2D eigenvalue weighted by Gasteiger charge is 2.23. The summed E-state index contributed by atoms with van der Waals surface area (Å²) in [7, 11) is 0. The lowest BCUT2D eigenvalue weighted by molar-refractivity contribution is -0.384. The summed E-state index contributed by atoms with van der Waals surface area (Å²) in [5.41, 5.74) is 1.48. The number of nitro benzene ring substituents is 1. The van der Waals surface area contributed by atoms with Crippen molar-refractivity contribution in [3.63, 3.8) is 0 Å². The second-order valence-corrected chi connectivity index (χ2v) is 6.68. The number of nitrogens with one attached hydrogen (secondary N) is 1. The lowest BCUT2D eigenvalue weighted by Gasteiger charge is -2.33. The van der Waals surface area contributed by atoms with Gasteiger partial charge in [0.25, 0.3) is 5.69 Å². The molecule has 1 aromatic carbocycles. The summed E-state index contributed by atoms with van der Waals surface area (Å²) in [4.78, 5) is 21.8. The minimum Gasteiger partial charge on any atom is -0.377 e. The fourth-order valence-electron chi connectivity index (χ4n) is 3.11. The molecule has 1 aliphatic heterocycles. The van der Waals surface area contributed by atoms with Crippen molar-refractivity contribution in [2.75, 3.05) is 23.3 Å². The van der Waals surface area contributed by atoms with E-state index in [1.165, 1.54) is 6.07 Å². The molecule has 0 amide bonds. The van der Waals surface area contributed by atoms with E-state index in [-0.39, 0.29) is 11.7 Å². The number of aromatic nitrogens is 2. The third-order valence-electron chi connectivity index (χ3n) is 4.29. The molecule has 132 valence electrons. The van der Waals surface area contributed by atoms with Crippen molar-refractivity contribution in [3.05, 3.63) is 50.9 Å². The van der Waals surface area contributed by atoms with Gasteiger partial charge in [-0.3, -0.25) is 10.1 Å². The molecule has 1 fully saturated rings. The van der Waals surface area contributed by atoms with Crippen molar-refractivity contribution in [2.24, 2.45) is 0 Å². The molecule has 0 saturated carbocycles. The number of nitrogens with zero attached hydrogens (tertiary/aromatic N) is 4. The van der Waals surface area contributed by atoms with Crippen LogP contribution in [-0.2, 0) is 0 Å². The van der Waals surface area contributed by atoms with Gasteiger partial charge in [0.15, 0.2) is 0 Å². The molecule has 1 aromatic heterocycles. The van der Waals surface area contributed by atoms with Gasteiger partial charge in [-0.05, 0) is 38.8 Å². The SMILES string of the molecule is Cc1cc(N2CCC(Nc3ccc(Cl)cc3[N+](=O)[O-])CC2)nc(C)n1. The van der Waals surface area contributed by atoms with Crippen molar-refractivity contribution < 1.29 is 4.92 Å². The Balaban J connectivity index is 1.66. The number of piperidine rings is 1. The summed E-state index contributed by atoms with van der Waals surface area (Å²) in [5, 5.41) is 14.9. The van der Waals surface area contributed by atoms with Gasteiger partial charge in [0.1, 0.15) is 17.3 Å². The van der Waals surface area contributed by atoms with Gasteiger partial charge in [-0.1, -0.05) is 11.6 Å². The van der Waals surface area contributed by atoms with Gasteiger partial charge in [0.2, 0.25) is 0 Å². The maximum atomic E-state index is 11.2. The summed E-state index contributed by atoms with van der Waals surface area (Å²) in [6, 6.07) is 6.89. The Morgan fingerprint density at radius 1 is 1.24 bits per heavy atom. The first-order valence-electron chi connectivity index (χ1n) is 8.20. The average molecular weight is 362 g/mol. The van der Waals surface area contributed by atoms with Crippen LogP contribution in [0.1, 0.15) is 24.4 Å². The van der Waals surface area contributed by atoms with E-state index in [1.54, 1.807) is 12.1 Å². The number of hydrogen-bond donors (Lipinski definition) is 1. The van der Waals surface area contributed by atoms with Crippen molar-refractivity contribution in [1.29, 1.82) is 0 Å². The molecule has 1 N–H and O–H groups in total. The molecule has 0 aliphatic carbocycles. The maximum absolute atomic E-state index is 11.2. The fourth-order valence-corrected chi connectivity index (χ4v) is 3.28. The van der Waals surface area contributed by atoms with Crippen LogP contribution < -0.4 is 10.2 Å². The highest BCUT2D eigenvalue weighted by molar-refractivity contribution is 6.30. The van der Waals surface area contributed by atoms with Gasteiger partial charge in [0.05, 0.1) is 4.92 Å². The van der Waals surface area contributed by atoms with Crippen molar-refractivity contribution >= 4 is 28.8 Å². The number of aryl methyl sites for hydroxylation is 2. The first-order chi connectivity index (χ1) is 11.9. The van der Waals surface area contributed by atoms with Gasteiger partial charge in [-0.2, -0.15) is 0 Å². The van der Waals surface area contributed by atoms with Gasteiger partial charge in [-0.15, -0.1) is 0 Å². The van der Waals surface area contributed by atoms with Crippen LogP contribution in [-0.4, -0.2) is 34.0 Å². The lowest BCUT2D eigenvalue weighted by Crippen LogP contribution is -2.39. The van der Waals surface area contributed by atoms with E-state index in [9.17, 15) is 10.1 Å². The van der Waals surface area contributed by atoms with E-state index in [0.717, 1.165) is 43.3 Å². The lowest BCUT2D eigenvalue weighted by atomic mass is 10.0. The maximum Gasteiger partial charge on any atom is 0.293 e. The highest BCUT2D eigenvalue weighted by Crippen LogP contribution is 2.30. The minimum absolute atomic E-state index is 0.0111. The van der Waals surface area contributed by atoms with Crippen LogP contribution in [0.4, 0.5) is 17.2 Å². The molecular weight excluding hydrogens is 342 g/mol. The molecule has 0 spiro atoms. The third-order valence-corrected chi connectivity index (χ3v) is 4.52. The van der Waals surface area contributed by atoms with E-state index in [1.807, 2.05) is 19.9 Å². The molecule has 0 atom stereocenters. The number of halogens is 1. The fraction of sp³-hybridized carbons (Fsp3) is 0.412. The predicted molar refractivity (Wildman–Crippen MR) is 98.5 cm³/mol. The zero-order valence-electron chi connectivity index (χ0n) is 14.2. The molecular formula is C17H20ClN5O2. The molecule has 2 aromatic rings. The second kappa shape index (κ2) is 7.23. The van der Waals surface area contributed by atoms with Crippen LogP contribution in [0.15, 0.2) is 24.3 Å². The standard InChI is InChI=1S/C17H20ClN5O2/c1-11-9-17(20-12(2)19-11)22-7-5-14(6-8-22)21-15-4-3-13(18)10-16(15)23(24)25/h3-4,9-10,14,21H,5-8H2,1-2H3. The number of anilines is 2. The molecule has 7 nitrogen and oxygen atoms in total. The van der Waals surface area contributed by atoms with Crippen LogP contribution in [0.25, 0.3) is 0 Å². The Hall–Kier alpha value is -2.41. The molecule has 25 heavy (non-hydrogen) atoms. The molecule has 0 unspecified atom stereocenters. The van der Waals surface area contributed by atoms with Crippen LogP contribution in [0.5, 0.6) is 0 Å². The van der Waals surface area contributed by atoms with Crippen molar-refractivity contribution in [1.82, 2.24) is 9.97 Å². The second-order valence-electron chi connectivity index (χ2n) is 6.24. The molecule has 1 aliphatic rings. The molecule has 1 saturated heterocycles. The van der Waals surface area contributed by atoms with E-state index in [2.05, 4.69) is 20.2 Å². The van der Waals surface area contributed by atoms with Gasteiger partial charge in [-0.25, -0.2) is 9.97 Å². The summed E-state index contributed by atoms with van der Waals surface area (Å²) >= 11 is 5.87. The quantitative estimate of drug-likeness (QED) is 0.659. The Labute approximate surface area is 151 Å². The summed E-state index contributed by atoms with van der Waals surface area (Å²) in [6.45, 7) is 5.54. The molecule has 0 bridgehead atoms. The third kappa shape index (κ3) is 4.17. The van der Waals surface area contributed by atoms with E-state index in [4.69, 9.17) is 11.6 Å². The smallest absolute Gasteiger partial charge is 0.293 e. The molecule has 0 radical (unpaired) electrons. The van der Waals surface area contributed by atoms with E-state index in [0.29, 0.717) is 10.7 Å². The number of benzene rings is 1. The van der Waals surface area contributed by atoms with Gasteiger partial charge >= 0.3 is 0 Å². The molecule has 8 heteroatoms. The largest absolute Gasteiger partial charge is 0.377 e. The number of nitro groups is 1. The minimum atomic E-state index is -0.407. The predicted octanol–water partition coefficient (Wildman–Crippen LogP) is 3.74. The first kappa shape index (κ1) is 17.4. The Morgan fingerprint density at radius 2 is 1.96 bits per heavy atom. The zero-order valence-corrected chi connectivity index (χ0v) is 15.0. The Kier molecular flexibility index (Phi) is 5.03. The van der Waals surface area contributed by atoms with Crippen molar-refractivity contribution in [2.45, 2.75) is 32.7 Å². The molecule has 3 rings (SSSR count).